The lowest BCUT2D eigenvalue weighted by Crippen LogP contribution is -2.59. The molecule has 5 rings (SSSR count). The second-order valence-electron chi connectivity index (χ2n) is 8.46. The zero-order chi connectivity index (χ0) is 22.1. The summed E-state index contributed by atoms with van der Waals surface area (Å²) in [6.45, 7) is 0.433. The molecule has 2 aromatic rings. The van der Waals surface area contributed by atoms with Gasteiger partial charge in [-0.05, 0) is 36.3 Å². The fourth-order valence-corrected chi connectivity index (χ4v) is 5.36. The van der Waals surface area contributed by atoms with Crippen LogP contribution in [0.3, 0.4) is 0 Å². The van der Waals surface area contributed by atoms with Crippen LogP contribution in [0.15, 0.2) is 6.20 Å². The molecule has 2 aliphatic heterocycles. The summed E-state index contributed by atoms with van der Waals surface area (Å²) in [4.78, 5) is 10.5. The highest BCUT2D eigenvalue weighted by atomic mass is 35.5. The van der Waals surface area contributed by atoms with Crippen molar-refractivity contribution in [2.24, 2.45) is 11.8 Å². The van der Waals surface area contributed by atoms with Crippen molar-refractivity contribution < 1.29 is 33.2 Å². The van der Waals surface area contributed by atoms with Gasteiger partial charge in [0, 0.05) is 13.1 Å². The first-order valence-corrected chi connectivity index (χ1v) is 10.4. The van der Waals surface area contributed by atoms with Crippen LogP contribution in [0.4, 0.5) is 19.0 Å². The minimum absolute atomic E-state index is 0.0687. The lowest BCUT2D eigenvalue weighted by atomic mass is 9.91. The number of hydrogen-bond acceptors (Lipinski definition) is 8. The van der Waals surface area contributed by atoms with Crippen molar-refractivity contribution >= 4 is 28.5 Å². The van der Waals surface area contributed by atoms with Gasteiger partial charge < -0.3 is 25.0 Å². The third-order valence-corrected chi connectivity index (χ3v) is 6.98. The Morgan fingerprint density at radius 2 is 1.90 bits per heavy atom. The Balaban J connectivity index is 1.54. The number of aliphatic hydroxyl groups is 3. The predicted octanol–water partition coefficient (Wildman–Crippen LogP) is 1.26. The molecule has 2 aromatic heterocycles. The van der Waals surface area contributed by atoms with Crippen molar-refractivity contribution in [3.8, 4) is 0 Å². The van der Waals surface area contributed by atoms with Gasteiger partial charge in [-0.3, -0.25) is 0 Å². The summed E-state index contributed by atoms with van der Waals surface area (Å²) in [6.07, 6.45) is -6.67. The maximum Gasteiger partial charge on any atom is 0.422 e. The fourth-order valence-electron chi connectivity index (χ4n) is 5.20. The number of aliphatic hydroxyl groups excluding tert-OH is 2. The molecule has 0 bridgehead atoms. The van der Waals surface area contributed by atoms with Crippen LogP contribution in [0.25, 0.3) is 11.0 Å². The molecule has 0 amide bonds. The number of fused-ring (bicyclic) bond motifs is 2. The van der Waals surface area contributed by atoms with Crippen LogP contribution in [0.1, 0.15) is 25.5 Å². The molecule has 31 heavy (non-hydrogen) atoms. The fraction of sp³-hybridized carbons (Fsp3) is 0.722. The van der Waals surface area contributed by atoms with E-state index in [0.717, 1.165) is 30.6 Å². The van der Waals surface area contributed by atoms with Crippen LogP contribution >= 0.6 is 11.6 Å². The van der Waals surface area contributed by atoms with Crippen molar-refractivity contribution in [2.45, 2.75) is 49.5 Å². The van der Waals surface area contributed by atoms with Gasteiger partial charge in [-0.25, -0.2) is 4.68 Å². The molecule has 0 radical (unpaired) electrons. The van der Waals surface area contributed by atoms with E-state index in [1.165, 1.54) is 12.6 Å². The number of rotatable bonds is 3. The number of ether oxygens (including phenoxy) is 1. The van der Waals surface area contributed by atoms with E-state index in [9.17, 15) is 28.5 Å². The van der Waals surface area contributed by atoms with Crippen LogP contribution in [0, 0.1) is 11.8 Å². The molecule has 2 saturated heterocycles. The van der Waals surface area contributed by atoms with Crippen LogP contribution in [0.2, 0.25) is 5.28 Å². The molecule has 3 fully saturated rings. The predicted molar refractivity (Wildman–Crippen MR) is 101 cm³/mol. The second-order valence-corrected chi connectivity index (χ2v) is 8.80. The van der Waals surface area contributed by atoms with Gasteiger partial charge in [0.05, 0.1) is 18.2 Å². The van der Waals surface area contributed by atoms with Crippen molar-refractivity contribution in [3.63, 3.8) is 0 Å². The van der Waals surface area contributed by atoms with E-state index in [4.69, 9.17) is 16.3 Å². The average molecular weight is 464 g/mol. The molecule has 1 saturated carbocycles. The van der Waals surface area contributed by atoms with Gasteiger partial charge >= 0.3 is 6.18 Å². The molecule has 6 atom stereocenters. The zero-order valence-electron chi connectivity index (χ0n) is 16.2. The summed E-state index contributed by atoms with van der Waals surface area (Å²) in [5, 5.41) is 34.3. The van der Waals surface area contributed by atoms with Gasteiger partial charge in [0.25, 0.3) is 0 Å². The molecule has 0 spiro atoms. The highest BCUT2D eigenvalue weighted by molar-refractivity contribution is 6.28. The molecule has 13 heteroatoms. The second kappa shape index (κ2) is 7.14. The third kappa shape index (κ3) is 3.03. The van der Waals surface area contributed by atoms with E-state index >= 15 is 0 Å². The number of anilines is 1. The van der Waals surface area contributed by atoms with Crippen molar-refractivity contribution in [3.05, 3.63) is 11.5 Å². The van der Waals surface area contributed by atoms with E-state index in [1.54, 1.807) is 0 Å². The first-order valence-electron chi connectivity index (χ1n) is 10.0. The minimum atomic E-state index is -5.25. The van der Waals surface area contributed by atoms with E-state index in [1.807, 2.05) is 0 Å². The number of aromatic nitrogens is 4. The van der Waals surface area contributed by atoms with Gasteiger partial charge in [-0.15, -0.1) is 0 Å². The highest BCUT2D eigenvalue weighted by Gasteiger charge is 2.70. The normalized spacial score (nSPS) is 36.0. The van der Waals surface area contributed by atoms with E-state index in [0.29, 0.717) is 23.0 Å². The number of hydrogen-bond donors (Lipinski definition) is 3. The Hall–Kier alpha value is -1.73. The van der Waals surface area contributed by atoms with Crippen LogP contribution in [-0.4, -0.2) is 78.7 Å². The third-order valence-electron chi connectivity index (χ3n) is 6.81. The molecular weight excluding hydrogens is 443 g/mol. The average Bonchev–Trinajstić information content (AvgIpc) is 3.44. The van der Waals surface area contributed by atoms with Gasteiger partial charge in [0.2, 0.25) is 10.9 Å². The van der Waals surface area contributed by atoms with Crippen molar-refractivity contribution in [1.29, 1.82) is 0 Å². The maximum absolute atomic E-state index is 13.5. The Morgan fingerprint density at radius 3 is 2.48 bits per heavy atom. The molecule has 170 valence electrons. The Bertz CT molecular complexity index is 994. The molecule has 0 unspecified atom stereocenters. The smallest absolute Gasteiger partial charge is 0.394 e. The molecule has 4 heterocycles. The first-order chi connectivity index (χ1) is 14.6. The lowest BCUT2D eigenvalue weighted by Gasteiger charge is -2.31. The monoisotopic (exact) mass is 463 g/mol. The van der Waals surface area contributed by atoms with Gasteiger partial charge in [0.15, 0.2) is 11.9 Å². The Kier molecular flexibility index (Phi) is 4.87. The quantitative estimate of drug-likeness (QED) is 0.582. The lowest BCUT2D eigenvalue weighted by molar-refractivity contribution is -0.296. The molecule has 9 nitrogen and oxygen atoms in total. The summed E-state index contributed by atoms with van der Waals surface area (Å²) < 4.78 is 46.7. The molecule has 3 aliphatic rings. The number of alkyl halides is 3. The topological polar surface area (TPSA) is 117 Å². The Labute approximate surface area is 179 Å². The SMILES string of the molecule is OC[C@H]1O[C@@H](n2ncc3c(N4C[C@H]5CCC[C@H]5C4)nc(Cl)nc32)[C@H](O)[C@@]1(O)C(F)(F)F. The summed E-state index contributed by atoms with van der Waals surface area (Å²) in [7, 11) is 0. The van der Waals surface area contributed by atoms with Crippen LogP contribution in [-0.2, 0) is 4.74 Å². The molecule has 3 N–H and O–H groups in total. The molecule has 0 aromatic carbocycles. The summed E-state index contributed by atoms with van der Waals surface area (Å²) >= 11 is 6.12. The molecule has 1 aliphatic carbocycles. The number of halogens is 4. The van der Waals surface area contributed by atoms with Gasteiger partial charge in [-0.1, -0.05) is 6.42 Å². The van der Waals surface area contributed by atoms with E-state index < -0.39 is 36.8 Å². The summed E-state index contributed by atoms with van der Waals surface area (Å²) in [5.74, 6) is 1.64. The zero-order valence-corrected chi connectivity index (χ0v) is 17.0. The Morgan fingerprint density at radius 1 is 1.23 bits per heavy atom. The largest absolute Gasteiger partial charge is 0.422 e. The standard InChI is InChI=1S/C18H21ClF3N5O4/c19-16-24-13(26-5-8-2-1-3-9(8)6-26)10-4-23-27(14(10)25-16)15-12(29)17(30,18(20,21)22)11(7-28)31-15/h4,8-9,11-12,15,28-30H,1-3,5-7H2/t8-,9+,11-,12+,15-,17-/m1/s1. The van der Waals surface area contributed by atoms with Crippen LogP contribution in [0.5, 0.6) is 0 Å². The summed E-state index contributed by atoms with van der Waals surface area (Å²) in [6, 6.07) is 0. The van der Waals surface area contributed by atoms with Crippen LogP contribution < -0.4 is 4.90 Å². The van der Waals surface area contributed by atoms with Gasteiger partial charge in [0.1, 0.15) is 18.0 Å². The van der Waals surface area contributed by atoms with Crippen molar-refractivity contribution in [1.82, 2.24) is 19.7 Å². The van der Waals surface area contributed by atoms with Gasteiger partial charge in [-0.2, -0.15) is 28.2 Å². The van der Waals surface area contributed by atoms with E-state index in [-0.39, 0.29) is 10.9 Å². The minimum Gasteiger partial charge on any atom is -0.394 e. The molecular formula is C18H21ClF3N5O4. The maximum atomic E-state index is 13.5. The van der Waals surface area contributed by atoms with Crippen molar-refractivity contribution in [2.75, 3.05) is 24.6 Å². The summed E-state index contributed by atoms with van der Waals surface area (Å²) in [5.41, 5.74) is -3.60. The first kappa shape index (κ1) is 21.1. The van der Waals surface area contributed by atoms with E-state index in [2.05, 4.69) is 20.0 Å². The number of nitrogens with zero attached hydrogens (tertiary/aromatic N) is 5. The highest BCUT2D eigenvalue weighted by Crippen LogP contribution is 2.47.